The van der Waals surface area contributed by atoms with Crippen LogP contribution in [0, 0.1) is 0 Å². The van der Waals surface area contributed by atoms with Gasteiger partial charge in [-0.15, -0.1) is 0 Å². The molecule has 5 N–H and O–H groups in total. The first-order chi connectivity index (χ1) is 20.4. The first kappa shape index (κ1) is 28.5. The van der Waals surface area contributed by atoms with Crippen molar-refractivity contribution in [1.82, 2.24) is 14.4 Å². The predicted octanol–water partition coefficient (Wildman–Crippen LogP) is 3.79. The van der Waals surface area contributed by atoms with E-state index in [4.69, 9.17) is 10.7 Å². The number of benzene rings is 2. The minimum absolute atomic E-state index is 0.178. The highest BCUT2D eigenvalue weighted by Crippen LogP contribution is 2.21. The summed E-state index contributed by atoms with van der Waals surface area (Å²) in [6, 6.07) is 15.8. The number of carbonyl (C=O) groups excluding carboxylic acids is 1. The van der Waals surface area contributed by atoms with Crippen molar-refractivity contribution in [3.05, 3.63) is 103 Å². The zero-order valence-electron chi connectivity index (χ0n) is 24.3. The fourth-order valence-corrected chi connectivity index (χ4v) is 4.78. The van der Waals surface area contributed by atoms with E-state index in [-0.39, 0.29) is 5.78 Å². The lowest BCUT2D eigenvalue weighted by Gasteiger charge is -2.18. The summed E-state index contributed by atoms with van der Waals surface area (Å²) in [5.41, 5.74) is 11.2. The van der Waals surface area contributed by atoms with Gasteiger partial charge in [0.2, 0.25) is 12.1 Å². The van der Waals surface area contributed by atoms with E-state index in [0.717, 1.165) is 68.4 Å². The van der Waals surface area contributed by atoms with E-state index in [1.807, 2.05) is 66.3 Å². The molecule has 10 heteroatoms. The lowest BCUT2D eigenvalue weighted by atomic mass is 10.1. The second-order valence-electron chi connectivity index (χ2n) is 10.7. The Balaban J connectivity index is 1.11. The van der Waals surface area contributed by atoms with E-state index in [1.165, 1.54) is 6.08 Å². The molecule has 2 aliphatic rings. The maximum absolute atomic E-state index is 12.7. The number of nitrogens with one attached hydrogen (secondary N) is 3. The van der Waals surface area contributed by atoms with Crippen molar-refractivity contribution in [1.29, 1.82) is 0 Å². The molecule has 0 unspecified atom stereocenters. The zero-order chi connectivity index (χ0) is 29.3. The van der Waals surface area contributed by atoms with Gasteiger partial charge in [-0.25, -0.2) is 14.1 Å². The topological polar surface area (TPSA) is 107 Å². The summed E-state index contributed by atoms with van der Waals surface area (Å²) < 4.78 is 4.21. The molecule has 0 spiro atoms. The van der Waals surface area contributed by atoms with Crippen LogP contribution in [0.15, 0.2) is 108 Å². The van der Waals surface area contributed by atoms with Crippen molar-refractivity contribution in [2.24, 2.45) is 17.8 Å². The third kappa shape index (κ3) is 8.03. The molecule has 5 rings (SSSR count). The molecule has 0 radical (unpaired) electrons. The second kappa shape index (κ2) is 13.6. The number of nitrogens with zero attached hydrogens (tertiary/aromatic N) is 5. The van der Waals surface area contributed by atoms with Crippen LogP contribution in [0.3, 0.4) is 0 Å². The molecule has 0 bridgehead atoms. The summed E-state index contributed by atoms with van der Waals surface area (Å²) in [7, 11) is 4.10. The number of aryl methyl sites for hydroxylation is 2. The molecule has 218 valence electrons. The van der Waals surface area contributed by atoms with E-state index >= 15 is 0 Å². The lowest BCUT2D eigenvalue weighted by molar-refractivity contribution is -0.671. The Kier molecular flexibility index (Phi) is 9.23. The number of anilines is 3. The number of aromatic nitrogens is 2. The van der Waals surface area contributed by atoms with Crippen LogP contribution in [0.25, 0.3) is 0 Å². The average Bonchev–Trinajstić information content (AvgIpc) is 3.60. The Morgan fingerprint density at radius 2 is 1.57 bits per heavy atom. The van der Waals surface area contributed by atoms with Crippen molar-refractivity contribution in [3.63, 3.8) is 0 Å². The Labute approximate surface area is 247 Å². The average molecular weight is 567 g/mol. The van der Waals surface area contributed by atoms with E-state index < -0.39 is 0 Å². The summed E-state index contributed by atoms with van der Waals surface area (Å²) in [4.78, 5) is 21.8. The third-order valence-electron chi connectivity index (χ3n) is 7.04. The number of hydrogen-bond donors (Lipinski definition) is 4. The standard InChI is InChI=1S/C32H39N9O/c1-38-17-19-40(23-38)15-3-13-34-25-5-9-27(10-6-25)36-30-22-31(32(42)21-29(30)33)37-28-11-7-26(8-12-28)35-14-4-16-41-20-18-39(2)24-41/h5-12,17-22,24H,3-4,13-16,23H2,1-2H3,(H4-,33,34,35,36,37,42)/p+1. The van der Waals surface area contributed by atoms with Crippen molar-refractivity contribution in [2.75, 3.05) is 49.3 Å². The van der Waals surface area contributed by atoms with Crippen LogP contribution in [-0.4, -0.2) is 59.2 Å². The van der Waals surface area contributed by atoms with Gasteiger partial charge in [0.1, 0.15) is 12.4 Å². The van der Waals surface area contributed by atoms with Gasteiger partial charge in [0, 0.05) is 68.6 Å². The van der Waals surface area contributed by atoms with Crippen LogP contribution in [0.1, 0.15) is 12.8 Å². The SMILES string of the molecule is CN1C=CN(CCCNc2ccc(N=C3C=C(Nc4ccc(NCCCn5cc[n+](C)c5)cc4)C(=O)C=C3N)cc2)C1. The summed E-state index contributed by atoms with van der Waals surface area (Å²) in [6.45, 7) is 4.68. The number of carbonyl (C=O) groups is 1. The molecule has 1 aliphatic heterocycles. The maximum atomic E-state index is 12.7. The minimum Gasteiger partial charge on any atom is -0.397 e. The zero-order valence-corrected chi connectivity index (χ0v) is 24.3. The molecule has 1 aliphatic carbocycles. The van der Waals surface area contributed by atoms with Gasteiger partial charge in [-0.2, -0.15) is 0 Å². The molecule has 2 aromatic carbocycles. The Morgan fingerprint density at radius 3 is 2.21 bits per heavy atom. The molecule has 10 nitrogen and oxygen atoms in total. The Hall–Kier alpha value is -4.99. The van der Waals surface area contributed by atoms with Gasteiger partial charge < -0.3 is 31.5 Å². The van der Waals surface area contributed by atoms with E-state index in [0.29, 0.717) is 17.1 Å². The van der Waals surface area contributed by atoms with Gasteiger partial charge in [0.15, 0.2) is 0 Å². The summed E-state index contributed by atoms with van der Waals surface area (Å²) in [5, 5.41) is 10.1. The Bertz CT molecular complexity index is 1480. The molecule has 1 aromatic heterocycles. The fourth-order valence-electron chi connectivity index (χ4n) is 4.78. The minimum atomic E-state index is -0.178. The number of nitrogens with two attached hydrogens (primary N) is 1. The largest absolute Gasteiger partial charge is 0.397 e. The highest BCUT2D eigenvalue weighted by molar-refractivity contribution is 6.23. The quantitative estimate of drug-likeness (QED) is 0.142. The van der Waals surface area contributed by atoms with Crippen LogP contribution < -0.4 is 26.3 Å². The highest BCUT2D eigenvalue weighted by Gasteiger charge is 2.17. The molecule has 0 saturated heterocycles. The monoisotopic (exact) mass is 566 g/mol. The van der Waals surface area contributed by atoms with Gasteiger partial charge in [-0.1, -0.05) is 0 Å². The molecule has 0 atom stereocenters. The molecule has 2 heterocycles. The number of allylic oxidation sites excluding steroid dienone is 2. The van der Waals surface area contributed by atoms with Crippen molar-refractivity contribution < 1.29 is 9.36 Å². The summed E-state index contributed by atoms with van der Waals surface area (Å²) in [5.74, 6) is -0.178. The molecule has 42 heavy (non-hydrogen) atoms. The summed E-state index contributed by atoms with van der Waals surface area (Å²) in [6.07, 6.45) is 15.6. The number of aliphatic imine (C=N–C) groups is 1. The maximum Gasteiger partial charge on any atom is 0.243 e. The number of rotatable bonds is 13. The summed E-state index contributed by atoms with van der Waals surface area (Å²) >= 11 is 0. The lowest BCUT2D eigenvalue weighted by Crippen LogP contribution is -2.24. The molecule has 3 aromatic rings. The van der Waals surface area contributed by atoms with Crippen molar-refractivity contribution in [2.45, 2.75) is 19.4 Å². The van der Waals surface area contributed by atoms with Crippen LogP contribution in [0.2, 0.25) is 0 Å². The molecule has 0 saturated carbocycles. The molecular formula is C32H40N9O+. The van der Waals surface area contributed by atoms with Crippen LogP contribution >= 0.6 is 0 Å². The smallest absolute Gasteiger partial charge is 0.243 e. The highest BCUT2D eigenvalue weighted by atomic mass is 16.1. The number of ketones is 1. The van der Waals surface area contributed by atoms with E-state index in [9.17, 15) is 4.79 Å². The normalized spacial score (nSPS) is 15.7. The second-order valence-corrected chi connectivity index (χ2v) is 10.7. The van der Waals surface area contributed by atoms with Crippen LogP contribution in [0.5, 0.6) is 0 Å². The Morgan fingerprint density at radius 1 is 0.905 bits per heavy atom. The fraction of sp³-hybridized carbons (Fsp3) is 0.281. The third-order valence-corrected chi connectivity index (χ3v) is 7.04. The van der Waals surface area contributed by atoms with Gasteiger partial charge in [-0.05, 0) is 61.0 Å². The van der Waals surface area contributed by atoms with E-state index in [1.54, 1.807) is 6.08 Å². The van der Waals surface area contributed by atoms with Gasteiger partial charge in [0.25, 0.3) is 0 Å². The van der Waals surface area contributed by atoms with Crippen LogP contribution in [-0.2, 0) is 18.4 Å². The van der Waals surface area contributed by atoms with Gasteiger partial charge in [-0.3, -0.25) is 4.79 Å². The number of hydrogen-bond acceptors (Lipinski definition) is 8. The number of imidazole rings is 1. The molecule has 0 amide bonds. The predicted molar refractivity (Wildman–Crippen MR) is 169 cm³/mol. The van der Waals surface area contributed by atoms with Crippen LogP contribution in [0.4, 0.5) is 22.7 Å². The van der Waals surface area contributed by atoms with Crippen molar-refractivity contribution >= 4 is 34.2 Å². The first-order valence-electron chi connectivity index (χ1n) is 14.3. The molecule has 0 fully saturated rings. The van der Waals surface area contributed by atoms with Gasteiger partial charge in [0.05, 0.1) is 43.1 Å². The van der Waals surface area contributed by atoms with E-state index in [2.05, 4.69) is 62.3 Å². The molecular weight excluding hydrogens is 526 g/mol. The first-order valence-corrected chi connectivity index (χ1v) is 14.3. The van der Waals surface area contributed by atoms with Crippen molar-refractivity contribution in [3.8, 4) is 0 Å². The van der Waals surface area contributed by atoms with Gasteiger partial charge >= 0.3 is 0 Å².